The van der Waals surface area contributed by atoms with Crippen molar-refractivity contribution >= 4 is 17.6 Å². The molecule has 0 spiro atoms. The van der Waals surface area contributed by atoms with Gasteiger partial charge in [0.05, 0.1) is 19.3 Å². The summed E-state index contributed by atoms with van der Waals surface area (Å²) in [6.07, 6.45) is 7.98. The van der Waals surface area contributed by atoms with Crippen LogP contribution < -0.4 is 4.74 Å². The average molecular weight is 439 g/mol. The standard InChI is InChI=1S/C23H31ClO6/c1-29-23(28)10-5-3-2-4-9-19-20(22(27)14-21(19)26)12-11-17(25)15-30-18-8-6-7-16(24)13-18/h2,4,6-8,11-13,17,19-22,25-27H,3,5,9-10,14-15H2,1H3/b4-2-,12-11+/t17-,19-,20-,21+,22-/m1/s1. The van der Waals surface area contributed by atoms with Gasteiger partial charge in [0.25, 0.3) is 0 Å². The van der Waals surface area contributed by atoms with Gasteiger partial charge in [-0.3, -0.25) is 4.79 Å². The van der Waals surface area contributed by atoms with Gasteiger partial charge in [0, 0.05) is 23.8 Å². The number of methoxy groups -OCH3 is 1. The van der Waals surface area contributed by atoms with Crippen LogP contribution in [0.5, 0.6) is 5.75 Å². The van der Waals surface area contributed by atoms with Crippen LogP contribution in [0.1, 0.15) is 32.1 Å². The van der Waals surface area contributed by atoms with Crippen molar-refractivity contribution in [2.24, 2.45) is 11.8 Å². The number of rotatable bonds is 11. The Morgan fingerprint density at radius 1 is 1.30 bits per heavy atom. The van der Waals surface area contributed by atoms with Crippen molar-refractivity contribution in [3.05, 3.63) is 53.6 Å². The molecular formula is C23H31ClO6. The Hall–Kier alpha value is -1.86. The van der Waals surface area contributed by atoms with E-state index < -0.39 is 18.3 Å². The largest absolute Gasteiger partial charge is 0.491 e. The molecule has 0 aromatic heterocycles. The first kappa shape index (κ1) is 24.4. The second kappa shape index (κ2) is 12.7. The van der Waals surface area contributed by atoms with Crippen molar-refractivity contribution in [1.82, 2.24) is 0 Å². The van der Waals surface area contributed by atoms with Crippen LogP contribution in [0.25, 0.3) is 0 Å². The Balaban J connectivity index is 1.81. The van der Waals surface area contributed by atoms with Gasteiger partial charge in [-0.2, -0.15) is 0 Å². The van der Waals surface area contributed by atoms with E-state index in [0.717, 1.165) is 6.42 Å². The van der Waals surface area contributed by atoms with Crippen LogP contribution in [-0.2, 0) is 9.53 Å². The highest BCUT2D eigenvalue weighted by Gasteiger charge is 2.39. The van der Waals surface area contributed by atoms with Gasteiger partial charge in [-0.25, -0.2) is 0 Å². The summed E-state index contributed by atoms with van der Waals surface area (Å²) in [5.74, 6) is -0.0305. The summed E-state index contributed by atoms with van der Waals surface area (Å²) >= 11 is 5.91. The number of aliphatic hydroxyl groups excluding tert-OH is 3. The van der Waals surface area contributed by atoms with Crippen molar-refractivity contribution in [1.29, 1.82) is 0 Å². The Kier molecular flexibility index (Phi) is 10.4. The number of unbranched alkanes of at least 4 members (excludes halogenated alkanes) is 1. The number of carbonyl (C=O) groups is 1. The molecule has 0 saturated heterocycles. The lowest BCUT2D eigenvalue weighted by Crippen LogP contribution is -2.21. The van der Waals surface area contributed by atoms with E-state index in [1.165, 1.54) is 7.11 Å². The van der Waals surface area contributed by atoms with Gasteiger partial charge >= 0.3 is 5.97 Å². The number of hydrogen-bond acceptors (Lipinski definition) is 6. The second-order valence-electron chi connectivity index (χ2n) is 7.51. The maximum absolute atomic E-state index is 11.1. The van der Waals surface area contributed by atoms with Crippen LogP contribution in [0.4, 0.5) is 0 Å². The van der Waals surface area contributed by atoms with Gasteiger partial charge in [0.15, 0.2) is 0 Å². The van der Waals surface area contributed by atoms with Crippen LogP contribution in [0.15, 0.2) is 48.6 Å². The summed E-state index contributed by atoms with van der Waals surface area (Å²) in [4.78, 5) is 11.1. The molecule has 0 aliphatic heterocycles. The predicted molar refractivity (Wildman–Crippen MR) is 115 cm³/mol. The van der Waals surface area contributed by atoms with E-state index in [1.54, 1.807) is 36.4 Å². The molecule has 166 valence electrons. The van der Waals surface area contributed by atoms with Gasteiger partial charge in [-0.1, -0.05) is 42.0 Å². The minimum absolute atomic E-state index is 0.0625. The van der Waals surface area contributed by atoms with Crippen molar-refractivity contribution in [3.63, 3.8) is 0 Å². The quantitative estimate of drug-likeness (QED) is 0.279. The number of hydrogen-bond donors (Lipinski definition) is 3. The molecule has 0 unspecified atom stereocenters. The second-order valence-corrected chi connectivity index (χ2v) is 7.94. The molecular weight excluding hydrogens is 408 g/mol. The lowest BCUT2D eigenvalue weighted by Gasteiger charge is -2.19. The zero-order valence-corrected chi connectivity index (χ0v) is 17.9. The van der Waals surface area contributed by atoms with Gasteiger partial charge in [-0.05, 0) is 43.4 Å². The number of halogens is 1. The fourth-order valence-electron chi connectivity index (χ4n) is 3.59. The van der Waals surface area contributed by atoms with E-state index in [0.29, 0.717) is 36.5 Å². The van der Waals surface area contributed by atoms with Crippen LogP contribution in [-0.4, -0.2) is 53.3 Å². The van der Waals surface area contributed by atoms with Crippen molar-refractivity contribution < 1.29 is 29.6 Å². The molecule has 0 bridgehead atoms. The lowest BCUT2D eigenvalue weighted by molar-refractivity contribution is -0.140. The van der Waals surface area contributed by atoms with Crippen LogP contribution in [0, 0.1) is 11.8 Å². The van der Waals surface area contributed by atoms with Crippen molar-refractivity contribution in [2.75, 3.05) is 13.7 Å². The highest BCUT2D eigenvalue weighted by atomic mass is 35.5. The molecule has 6 nitrogen and oxygen atoms in total. The average Bonchev–Trinajstić information content (AvgIpc) is 2.99. The lowest BCUT2D eigenvalue weighted by atomic mass is 9.89. The molecule has 0 radical (unpaired) electrons. The Labute approximate surface area is 182 Å². The summed E-state index contributed by atoms with van der Waals surface area (Å²) in [6.45, 7) is 0.0625. The number of allylic oxidation sites excluding steroid dienone is 2. The molecule has 1 aromatic carbocycles. The minimum atomic E-state index is -0.844. The molecule has 1 saturated carbocycles. The monoisotopic (exact) mass is 438 g/mol. The molecule has 7 heteroatoms. The van der Waals surface area contributed by atoms with E-state index in [4.69, 9.17) is 16.3 Å². The van der Waals surface area contributed by atoms with Gasteiger partial charge < -0.3 is 24.8 Å². The fourth-order valence-corrected chi connectivity index (χ4v) is 3.77. The maximum Gasteiger partial charge on any atom is 0.305 e. The molecule has 30 heavy (non-hydrogen) atoms. The van der Waals surface area contributed by atoms with Crippen LogP contribution >= 0.6 is 11.6 Å². The molecule has 0 amide bonds. The number of aliphatic hydroxyl groups is 3. The topological polar surface area (TPSA) is 96.2 Å². The fraction of sp³-hybridized carbons (Fsp3) is 0.522. The van der Waals surface area contributed by atoms with Crippen molar-refractivity contribution in [2.45, 2.75) is 50.4 Å². The number of ether oxygens (including phenoxy) is 2. The molecule has 0 heterocycles. The van der Waals surface area contributed by atoms with E-state index in [9.17, 15) is 20.1 Å². The van der Waals surface area contributed by atoms with E-state index in [-0.39, 0.29) is 24.4 Å². The highest BCUT2D eigenvalue weighted by Crippen LogP contribution is 2.36. The third kappa shape index (κ3) is 8.11. The van der Waals surface area contributed by atoms with E-state index in [2.05, 4.69) is 4.74 Å². The molecule has 1 aromatic rings. The SMILES string of the molecule is COC(=O)CCC/C=C\C[C@@H]1[C@@H](/C=C/[C@@H](O)COc2cccc(Cl)c2)[C@H](O)C[C@@H]1O. The smallest absolute Gasteiger partial charge is 0.305 e. The Morgan fingerprint density at radius 3 is 2.83 bits per heavy atom. The summed E-state index contributed by atoms with van der Waals surface area (Å²) in [5.41, 5.74) is 0. The Morgan fingerprint density at radius 2 is 2.10 bits per heavy atom. The predicted octanol–water partition coefficient (Wildman–Crippen LogP) is 3.28. The van der Waals surface area contributed by atoms with E-state index in [1.807, 2.05) is 12.2 Å². The highest BCUT2D eigenvalue weighted by molar-refractivity contribution is 6.30. The molecule has 2 rings (SSSR count). The van der Waals surface area contributed by atoms with Crippen molar-refractivity contribution in [3.8, 4) is 5.75 Å². The molecule has 1 fully saturated rings. The molecule has 5 atom stereocenters. The third-order valence-corrected chi connectivity index (χ3v) is 5.48. The summed E-state index contributed by atoms with van der Waals surface area (Å²) in [6, 6.07) is 6.94. The van der Waals surface area contributed by atoms with Crippen LogP contribution in [0.3, 0.4) is 0 Å². The maximum atomic E-state index is 11.1. The Bertz CT molecular complexity index is 719. The summed E-state index contributed by atoms with van der Waals surface area (Å²) in [5, 5.41) is 31.3. The minimum Gasteiger partial charge on any atom is -0.491 e. The van der Waals surface area contributed by atoms with Crippen LogP contribution in [0.2, 0.25) is 5.02 Å². The number of benzene rings is 1. The number of esters is 1. The van der Waals surface area contributed by atoms with Gasteiger partial charge in [0.2, 0.25) is 0 Å². The normalized spacial score (nSPS) is 25.1. The summed E-state index contributed by atoms with van der Waals surface area (Å²) in [7, 11) is 1.37. The first-order chi connectivity index (χ1) is 14.4. The molecule has 3 N–H and O–H groups in total. The number of carbonyl (C=O) groups excluding carboxylic acids is 1. The van der Waals surface area contributed by atoms with Gasteiger partial charge in [-0.15, -0.1) is 0 Å². The summed E-state index contributed by atoms with van der Waals surface area (Å²) < 4.78 is 10.1. The molecule has 1 aliphatic rings. The third-order valence-electron chi connectivity index (χ3n) is 5.24. The first-order valence-corrected chi connectivity index (χ1v) is 10.6. The zero-order valence-electron chi connectivity index (χ0n) is 17.2. The zero-order chi connectivity index (χ0) is 21.9. The van der Waals surface area contributed by atoms with Gasteiger partial charge in [0.1, 0.15) is 18.5 Å². The van der Waals surface area contributed by atoms with E-state index >= 15 is 0 Å². The molecule has 1 aliphatic carbocycles. The first-order valence-electron chi connectivity index (χ1n) is 10.2.